The van der Waals surface area contributed by atoms with Crippen LogP contribution in [0.4, 0.5) is 0 Å². The molecule has 4 heteroatoms. The summed E-state index contributed by atoms with van der Waals surface area (Å²) < 4.78 is 6.38. The monoisotopic (exact) mass is 364 g/mol. The van der Waals surface area contributed by atoms with Crippen molar-refractivity contribution < 1.29 is 19.1 Å². The number of likely N-dealkylation sites (tertiary alicyclic amines) is 1. The highest BCUT2D eigenvalue weighted by Crippen LogP contribution is 2.32. The van der Waals surface area contributed by atoms with Crippen LogP contribution in [0.1, 0.15) is 24.0 Å². The molecule has 1 N–H and O–H groups in total. The van der Waals surface area contributed by atoms with Crippen molar-refractivity contribution in [2.24, 2.45) is 0 Å². The molecule has 1 fully saturated rings. The van der Waals surface area contributed by atoms with Gasteiger partial charge in [-0.15, -0.1) is 6.42 Å². The van der Waals surface area contributed by atoms with E-state index >= 15 is 0 Å². The van der Waals surface area contributed by atoms with Crippen LogP contribution in [-0.2, 0) is 15.1 Å². The Bertz CT molecular complexity index is 773. The summed E-state index contributed by atoms with van der Waals surface area (Å²) in [5.74, 6) is 2.08. The maximum absolute atomic E-state index is 13.1. The average molecular weight is 364 g/mol. The van der Waals surface area contributed by atoms with Gasteiger partial charge in [-0.25, -0.2) is 4.79 Å². The topological polar surface area (TPSA) is 46.5 Å². The quantitative estimate of drug-likeness (QED) is 0.487. The van der Waals surface area contributed by atoms with Gasteiger partial charge >= 0.3 is 5.97 Å². The lowest BCUT2D eigenvalue weighted by atomic mass is 9.86. The number of esters is 1. The van der Waals surface area contributed by atoms with Gasteiger partial charge in [0.1, 0.15) is 19.2 Å². The van der Waals surface area contributed by atoms with Crippen molar-refractivity contribution in [3.63, 3.8) is 0 Å². The Hall–Kier alpha value is -2.61. The number of nitrogens with zero attached hydrogens (tertiary/aromatic N) is 1. The van der Waals surface area contributed by atoms with Crippen LogP contribution in [0.5, 0.6) is 0 Å². The standard InChI is InChI=1S/C23H26NO3/c1-3-16-24(2)17-10-15-21(24)18-27-22(25)23(26,19-11-6-4-7-12-19)20-13-8-5-9-14-20/h1,4-9,11-14,21,26H,10,15-18H2,2H3/q+1/t21-,24?/m0/s1. The number of hydrogen-bond donors (Lipinski definition) is 1. The zero-order chi connectivity index (χ0) is 19.3. The number of carbonyl (C=O) groups excluding carboxylic acids is 1. The number of likely N-dealkylation sites (N-methyl/N-ethyl adjacent to an activating group) is 1. The predicted molar refractivity (Wildman–Crippen MR) is 105 cm³/mol. The Morgan fingerprint density at radius 2 is 1.74 bits per heavy atom. The fourth-order valence-corrected chi connectivity index (χ4v) is 3.90. The first-order chi connectivity index (χ1) is 13.0. The summed E-state index contributed by atoms with van der Waals surface area (Å²) in [6.45, 7) is 1.84. The molecular weight excluding hydrogens is 338 g/mol. The molecule has 2 aromatic rings. The van der Waals surface area contributed by atoms with Gasteiger partial charge < -0.3 is 14.3 Å². The molecule has 1 aliphatic heterocycles. The zero-order valence-electron chi connectivity index (χ0n) is 15.7. The van der Waals surface area contributed by atoms with Gasteiger partial charge in [-0.3, -0.25) is 0 Å². The molecule has 4 nitrogen and oxygen atoms in total. The third kappa shape index (κ3) is 3.75. The van der Waals surface area contributed by atoms with Gasteiger partial charge in [-0.05, 0) is 17.0 Å². The van der Waals surface area contributed by atoms with Crippen molar-refractivity contribution >= 4 is 5.97 Å². The van der Waals surface area contributed by atoms with Crippen LogP contribution in [0.15, 0.2) is 60.7 Å². The van der Waals surface area contributed by atoms with Gasteiger partial charge in [-0.2, -0.15) is 0 Å². The number of ether oxygens (including phenoxy) is 1. The highest BCUT2D eigenvalue weighted by atomic mass is 16.6. The van der Waals surface area contributed by atoms with Crippen LogP contribution < -0.4 is 0 Å². The average Bonchev–Trinajstić information content (AvgIpc) is 3.07. The molecule has 1 heterocycles. The Labute approximate surface area is 161 Å². The summed E-state index contributed by atoms with van der Waals surface area (Å²) in [6, 6.07) is 18.0. The van der Waals surface area contributed by atoms with Crippen molar-refractivity contribution in [1.82, 2.24) is 0 Å². The van der Waals surface area contributed by atoms with E-state index in [-0.39, 0.29) is 12.6 Å². The lowest BCUT2D eigenvalue weighted by Crippen LogP contribution is -2.51. The Morgan fingerprint density at radius 3 is 2.26 bits per heavy atom. The third-order valence-electron chi connectivity index (χ3n) is 5.63. The first-order valence-electron chi connectivity index (χ1n) is 9.29. The number of carbonyl (C=O) groups is 1. The van der Waals surface area contributed by atoms with E-state index in [0.717, 1.165) is 19.4 Å². The van der Waals surface area contributed by atoms with E-state index in [9.17, 15) is 9.90 Å². The van der Waals surface area contributed by atoms with Gasteiger partial charge in [-0.1, -0.05) is 60.7 Å². The molecule has 0 aliphatic carbocycles. The lowest BCUT2D eigenvalue weighted by Gasteiger charge is -2.35. The molecule has 2 atom stereocenters. The summed E-state index contributed by atoms with van der Waals surface area (Å²) in [5.41, 5.74) is -0.849. The first kappa shape index (κ1) is 19.2. The molecule has 1 saturated heterocycles. The third-order valence-corrected chi connectivity index (χ3v) is 5.63. The van der Waals surface area contributed by atoms with Crippen LogP contribution in [0.25, 0.3) is 0 Å². The van der Waals surface area contributed by atoms with Gasteiger partial charge in [0.2, 0.25) is 5.60 Å². The predicted octanol–water partition coefficient (Wildman–Crippen LogP) is 2.71. The summed E-state index contributed by atoms with van der Waals surface area (Å²) in [5, 5.41) is 11.4. The lowest BCUT2D eigenvalue weighted by molar-refractivity contribution is -0.914. The van der Waals surface area contributed by atoms with Crippen molar-refractivity contribution in [3.05, 3.63) is 71.8 Å². The second kappa shape index (κ2) is 7.96. The minimum Gasteiger partial charge on any atom is -0.457 e. The van der Waals surface area contributed by atoms with E-state index in [1.54, 1.807) is 48.5 Å². The maximum Gasteiger partial charge on any atom is 0.347 e. The van der Waals surface area contributed by atoms with E-state index in [0.29, 0.717) is 22.2 Å². The number of aliphatic hydroxyl groups is 1. The summed E-state index contributed by atoms with van der Waals surface area (Å²) in [6.07, 6.45) is 7.54. The molecule has 0 amide bonds. The fourth-order valence-electron chi connectivity index (χ4n) is 3.90. The van der Waals surface area contributed by atoms with Crippen molar-refractivity contribution in [3.8, 4) is 12.3 Å². The van der Waals surface area contributed by atoms with Crippen LogP contribution >= 0.6 is 0 Å². The molecule has 0 bridgehead atoms. The largest absolute Gasteiger partial charge is 0.457 e. The molecule has 0 spiro atoms. The SMILES string of the molecule is C#CC[N+]1(C)CCC[C@H]1COC(=O)C(O)(c1ccccc1)c1ccccc1. The first-order valence-corrected chi connectivity index (χ1v) is 9.29. The number of hydrogen-bond acceptors (Lipinski definition) is 3. The molecule has 0 saturated carbocycles. The van der Waals surface area contributed by atoms with Gasteiger partial charge in [0.15, 0.2) is 0 Å². The minimum atomic E-state index is -1.84. The highest BCUT2D eigenvalue weighted by Gasteiger charge is 2.44. The summed E-state index contributed by atoms with van der Waals surface area (Å²) in [4.78, 5) is 13.1. The van der Waals surface area contributed by atoms with Gasteiger partial charge in [0, 0.05) is 12.8 Å². The molecule has 1 unspecified atom stereocenters. The van der Waals surface area contributed by atoms with Crippen LogP contribution in [0, 0.1) is 12.3 Å². The van der Waals surface area contributed by atoms with Crippen LogP contribution in [0.2, 0.25) is 0 Å². The van der Waals surface area contributed by atoms with E-state index in [4.69, 9.17) is 11.2 Å². The zero-order valence-corrected chi connectivity index (χ0v) is 15.7. The van der Waals surface area contributed by atoms with Crippen molar-refractivity contribution in [2.45, 2.75) is 24.5 Å². The van der Waals surface area contributed by atoms with Crippen LogP contribution in [0.3, 0.4) is 0 Å². The Kier molecular flexibility index (Phi) is 5.65. The van der Waals surface area contributed by atoms with Crippen molar-refractivity contribution in [1.29, 1.82) is 0 Å². The van der Waals surface area contributed by atoms with Gasteiger partial charge in [0.05, 0.1) is 13.6 Å². The summed E-state index contributed by atoms with van der Waals surface area (Å²) in [7, 11) is 2.10. The normalized spacial score (nSPS) is 22.2. The second-order valence-electron chi connectivity index (χ2n) is 7.40. The molecule has 1 aliphatic rings. The van der Waals surface area contributed by atoms with Crippen molar-refractivity contribution in [2.75, 3.05) is 26.7 Å². The number of rotatable bonds is 6. The molecule has 0 radical (unpaired) electrons. The smallest absolute Gasteiger partial charge is 0.347 e. The highest BCUT2D eigenvalue weighted by molar-refractivity contribution is 5.85. The summed E-state index contributed by atoms with van der Waals surface area (Å²) >= 11 is 0. The van der Waals surface area contributed by atoms with E-state index in [2.05, 4.69) is 13.0 Å². The number of terminal acetylenes is 1. The van der Waals surface area contributed by atoms with E-state index in [1.165, 1.54) is 0 Å². The molecule has 0 aromatic heterocycles. The van der Waals surface area contributed by atoms with Gasteiger partial charge in [0.25, 0.3) is 0 Å². The molecule has 27 heavy (non-hydrogen) atoms. The molecule has 2 aromatic carbocycles. The number of benzene rings is 2. The Balaban J connectivity index is 1.84. The molecular formula is C23H26NO3+. The van der Waals surface area contributed by atoms with E-state index in [1.807, 2.05) is 12.1 Å². The molecule has 3 rings (SSSR count). The van der Waals surface area contributed by atoms with Crippen LogP contribution in [-0.4, -0.2) is 48.3 Å². The van der Waals surface area contributed by atoms with E-state index < -0.39 is 11.6 Å². The second-order valence-corrected chi connectivity index (χ2v) is 7.40. The fraction of sp³-hybridized carbons (Fsp3) is 0.348. The Morgan fingerprint density at radius 1 is 1.19 bits per heavy atom. The number of quaternary nitrogens is 1. The molecule has 140 valence electrons. The minimum absolute atomic E-state index is 0.154. The maximum atomic E-state index is 13.1.